The van der Waals surface area contributed by atoms with Crippen LogP contribution in [0.3, 0.4) is 0 Å². The molecule has 1 saturated carbocycles. The van der Waals surface area contributed by atoms with E-state index in [0.29, 0.717) is 235 Å². The molecule has 2 bridgehead atoms. The van der Waals surface area contributed by atoms with Crippen LogP contribution in [-0.2, 0) is 115 Å². The zero-order valence-corrected chi connectivity index (χ0v) is 75.8. The number of methoxy groups -OCH3 is 3. The fraction of sp³-hybridized carbons (Fsp3) is 0.660. The van der Waals surface area contributed by atoms with Crippen LogP contribution in [0.5, 0.6) is 0 Å². The molecule has 3 aromatic heterocycles. The average molecular weight is 1780 g/mol. The summed E-state index contributed by atoms with van der Waals surface area (Å²) in [6.45, 7) is 20.6. The van der Waals surface area contributed by atoms with Crippen LogP contribution in [0.15, 0.2) is 94.7 Å². The van der Waals surface area contributed by atoms with Crippen LogP contribution < -0.4 is 11.5 Å². The molecule has 4 aliphatic heterocycles. The number of aliphatic hydroxyl groups excluding tert-OH is 2. The van der Waals surface area contributed by atoms with Gasteiger partial charge >= 0.3 is 11.9 Å². The normalized spacial score (nSPS) is 27.6. The molecule has 2 saturated heterocycles. The molecule has 0 radical (unpaired) electrons. The van der Waals surface area contributed by atoms with Gasteiger partial charge in [-0.2, -0.15) is 10.1 Å². The van der Waals surface area contributed by atoms with Crippen LogP contribution in [-0.4, -0.2) is 286 Å². The summed E-state index contributed by atoms with van der Waals surface area (Å²) >= 11 is 0. The number of nitrogen functional groups attached to an aromatic ring is 2. The number of hydrogen-bond donors (Lipinski definition) is 5. The van der Waals surface area contributed by atoms with Gasteiger partial charge in [-0.15, -0.1) is 0 Å². The Morgan fingerprint density at radius 3 is 2.03 bits per heavy atom. The highest BCUT2D eigenvalue weighted by atomic mass is 16.6. The second-order valence-corrected chi connectivity index (χ2v) is 34.4. The molecule has 33 nitrogen and oxygen atoms in total. The number of rotatable bonds is 38. The van der Waals surface area contributed by atoms with Crippen molar-refractivity contribution in [2.24, 2.45) is 35.5 Å². The van der Waals surface area contributed by atoms with Crippen LogP contribution >= 0.6 is 0 Å². The molecule has 2 amide bonds. The standard InChI is InChI=1S/C94H137N9O24/c1-60-17-12-11-13-18-61(2)78(113-8)55-72-26-21-66(7)94(112,127-72)88(109)91(110)102-31-15-14-19-74(102)92(111)125-79(56-75(104)62(3)50-65(6)86(108)87(115-10)85(107)64(5)49-60)63(4)51-67-23-27-77(80(53-67)114-9)124-82(106)20-16-33-116-35-37-118-39-41-120-43-45-122-47-48-123-46-44-121-42-40-119-38-36-117-34-30-81(105)101-32-29-69-52-68(22-24-71(69)58-101)57-103-90-83(89(95)97-59-98-90)84(100-103)70-25-28-76-73(54-70)99-93(96)126-76/h11-13,17-18,22,24-25,28,50,52,54,59-60,62-64,66-67,72,74-75,77-80,86-87,104,108,112H,14-16,19-21,23,26-27,29-49,51,53,55-58H2,1-10H3,(H2,96,99)(H2,95,97,98)/b13-11+,17-12+,61-18+,65-50+/t60-,62-,63-,64-,66-,67+,72+,74+,75-,77-,78+,79+,80-,86-,87+,94-/m1/s1. The van der Waals surface area contributed by atoms with E-state index in [1.807, 2.05) is 79.8 Å². The third kappa shape index (κ3) is 29.6. The van der Waals surface area contributed by atoms with Crippen LogP contribution in [0, 0.1) is 35.5 Å². The molecule has 16 atom stereocenters. The molecule has 10 rings (SSSR count). The first kappa shape index (κ1) is 101. The average Bonchev–Trinajstić information content (AvgIpc) is 1.71. The lowest BCUT2D eigenvalue weighted by atomic mass is 9.78. The Morgan fingerprint density at radius 1 is 0.685 bits per heavy atom. The summed E-state index contributed by atoms with van der Waals surface area (Å²) in [7, 11) is 4.55. The van der Waals surface area contributed by atoms with E-state index in [9.17, 15) is 44.1 Å². The van der Waals surface area contributed by atoms with Gasteiger partial charge in [0.1, 0.15) is 53.8 Å². The van der Waals surface area contributed by atoms with Crippen molar-refractivity contribution in [2.45, 2.75) is 225 Å². The number of aromatic nitrogens is 5. The number of ketones is 2. The Morgan fingerprint density at radius 2 is 1.36 bits per heavy atom. The Kier molecular flexibility index (Phi) is 40.7. The Labute approximate surface area is 745 Å². The molecule has 33 heteroatoms. The first-order valence-corrected chi connectivity index (χ1v) is 45.2. The topological polar surface area (TPSA) is 420 Å². The molecule has 5 aliphatic rings. The van der Waals surface area contributed by atoms with Crippen LogP contribution in [0.25, 0.3) is 33.4 Å². The van der Waals surface area contributed by atoms with Crippen molar-refractivity contribution in [1.82, 2.24) is 34.5 Å². The van der Waals surface area contributed by atoms with Gasteiger partial charge in [0.25, 0.3) is 17.7 Å². The van der Waals surface area contributed by atoms with E-state index < -0.39 is 96.1 Å². The molecule has 7 N–H and O–H groups in total. The maximum absolute atomic E-state index is 14.8. The summed E-state index contributed by atoms with van der Waals surface area (Å²) < 4.78 is 88.7. The fourth-order valence-electron chi connectivity index (χ4n) is 17.4. The van der Waals surface area contributed by atoms with Crippen molar-refractivity contribution in [2.75, 3.05) is 152 Å². The number of carbonyl (C=O) groups is 6. The number of fused-ring (bicyclic) bond motifs is 6. The Bertz CT molecular complexity index is 4460. The summed E-state index contributed by atoms with van der Waals surface area (Å²) in [6, 6.07) is 10.7. The highest BCUT2D eigenvalue weighted by molar-refractivity contribution is 6.39. The van der Waals surface area contributed by atoms with Crippen molar-refractivity contribution in [3.63, 3.8) is 0 Å². The number of piperidine rings is 1. The number of carbonyl (C=O) groups excluding carboxylic acids is 6. The number of aliphatic hydroxyl groups is 3. The highest BCUT2D eigenvalue weighted by Gasteiger charge is 2.53. The van der Waals surface area contributed by atoms with Crippen molar-refractivity contribution in [3.8, 4) is 11.3 Å². The predicted octanol–water partition coefficient (Wildman–Crippen LogP) is 9.57. The number of anilines is 2. The molecular weight excluding hydrogens is 1640 g/mol. The summed E-state index contributed by atoms with van der Waals surface area (Å²) in [5.74, 6) is -7.85. The van der Waals surface area contributed by atoms with Gasteiger partial charge < -0.3 is 107 Å². The quantitative estimate of drug-likeness (QED) is 0.0106. The van der Waals surface area contributed by atoms with Crippen molar-refractivity contribution < 1.29 is 115 Å². The second-order valence-electron chi connectivity index (χ2n) is 34.4. The number of amides is 2. The molecule has 7 heterocycles. The van der Waals surface area contributed by atoms with E-state index in [1.54, 1.807) is 47.1 Å². The smallest absolute Gasteiger partial charge is 0.329 e. The Hall–Kier alpha value is -8.36. The maximum Gasteiger partial charge on any atom is 0.329 e. The minimum atomic E-state index is -2.47. The van der Waals surface area contributed by atoms with E-state index in [4.69, 9.17) is 87.3 Å². The number of nitrogens with zero attached hydrogens (tertiary/aromatic N) is 7. The monoisotopic (exact) mass is 1780 g/mol. The maximum atomic E-state index is 14.8. The molecule has 2 aromatic carbocycles. The fourth-order valence-corrected chi connectivity index (χ4v) is 17.4. The van der Waals surface area contributed by atoms with Gasteiger partial charge in [0.2, 0.25) is 11.7 Å². The molecule has 1 aliphatic carbocycles. The van der Waals surface area contributed by atoms with Crippen molar-refractivity contribution in [1.29, 1.82) is 0 Å². The lowest BCUT2D eigenvalue weighted by Gasteiger charge is -2.43. The highest BCUT2D eigenvalue weighted by Crippen LogP contribution is 2.40. The number of esters is 2. The number of nitrogens with two attached hydrogens (primary N) is 2. The number of hydrogen-bond acceptors (Lipinski definition) is 30. The van der Waals surface area contributed by atoms with E-state index in [-0.39, 0.29) is 73.7 Å². The van der Waals surface area contributed by atoms with Gasteiger partial charge in [0.05, 0.1) is 142 Å². The lowest BCUT2D eigenvalue weighted by molar-refractivity contribution is -0.265. The third-order valence-electron chi connectivity index (χ3n) is 24.9. The van der Waals surface area contributed by atoms with E-state index in [1.165, 1.54) is 23.9 Å². The van der Waals surface area contributed by atoms with E-state index >= 15 is 0 Å². The summed E-state index contributed by atoms with van der Waals surface area (Å²) in [5, 5.41) is 41.5. The van der Waals surface area contributed by atoms with Gasteiger partial charge in [-0.1, -0.05) is 89.3 Å². The molecule has 0 spiro atoms. The number of Topliss-reactive ketones (excluding diaryl/α,β-unsaturated/α-hetero) is 2. The molecule has 3 fully saturated rings. The number of cyclic esters (lactones) is 1. The number of benzene rings is 2. The largest absolute Gasteiger partial charge is 0.460 e. The van der Waals surface area contributed by atoms with E-state index in [2.05, 4.69) is 33.2 Å². The third-order valence-corrected chi connectivity index (χ3v) is 24.9. The van der Waals surface area contributed by atoms with Gasteiger partial charge in [0.15, 0.2) is 17.0 Å². The predicted molar refractivity (Wildman–Crippen MR) is 472 cm³/mol. The van der Waals surface area contributed by atoms with Gasteiger partial charge in [-0.05, 0) is 155 Å². The summed E-state index contributed by atoms with van der Waals surface area (Å²) in [5.41, 5.74) is 20.0. The zero-order valence-electron chi connectivity index (χ0n) is 75.8. The second kappa shape index (κ2) is 51.3. The number of ether oxygens (including phenoxy) is 14. The van der Waals surface area contributed by atoms with Gasteiger partial charge in [-0.25, -0.2) is 19.4 Å². The summed E-state index contributed by atoms with van der Waals surface area (Å²) in [6.07, 6.45) is 12.9. The molecule has 127 heavy (non-hydrogen) atoms. The Balaban J connectivity index is 0.552. The number of allylic oxidation sites excluding steroid dienone is 5. The van der Waals surface area contributed by atoms with Crippen LogP contribution in [0.1, 0.15) is 161 Å². The van der Waals surface area contributed by atoms with Crippen LogP contribution in [0.4, 0.5) is 11.8 Å². The van der Waals surface area contributed by atoms with Crippen molar-refractivity contribution >= 4 is 69.3 Å². The lowest BCUT2D eigenvalue weighted by Crippen LogP contribution is -2.61. The molecule has 702 valence electrons. The minimum Gasteiger partial charge on any atom is -0.460 e. The van der Waals surface area contributed by atoms with Gasteiger partial charge in [-0.3, -0.25) is 24.0 Å². The molecule has 5 aromatic rings. The zero-order chi connectivity index (χ0) is 90.9. The minimum absolute atomic E-state index is 0.00539. The number of oxazole rings is 1. The SMILES string of the molecule is CO[C@H]1C[C@@H]2CC[C@@H](C)[C@@](O)(O2)C(=O)C(=O)N2CCCC[C@H]2C(=O)O[C@H]([C@H](C)C[C@@H]2CC[C@@H](OC(=O)CCCOCCOCCOCCOCCOCCOCCOCCOCCC(=O)N3CCc4cc(Cn5nc(-c6ccc7oc(N)nc7c6)c6c(N)ncnc65)ccc4C3)[C@H](OC)C2)C[C@@H](O)[C@H](C)/C=C(\C)[C@@H](O)[C@@H](OC)C(=O)[C@H](C)C[C@H](C)/C=C/C=C/C=C/1C. The molecular formula is C94H137N9O24. The first-order valence-electron chi connectivity index (χ1n) is 45.2. The van der Waals surface area contributed by atoms with E-state index in [0.717, 1.165) is 28.7 Å². The first-order chi connectivity index (χ1) is 61.3. The summed E-state index contributed by atoms with van der Waals surface area (Å²) in [4.78, 5) is 100. The molecule has 0 unspecified atom stereocenters. The van der Waals surface area contributed by atoms with Crippen molar-refractivity contribution in [3.05, 3.63) is 107 Å². The van der Waals surface area contributed by atoms with Gasteiger partial charge in [0, 0.05) is 90.2 Å². The van der Waals surface area contributed by atoms with Crippen LogP contribution in [0.2, 0.25) is 0 Å².